The molecule has 2 aromatic heterocycles. The first kappa shape index (κ1) is 14.3. The highest BCUT2D eigenvalue weighted by Gasteiger charge is 2.13. The van der Waals surface area contributed by atoms with Gasteiger partial charge in [-0.05, 0) is 44.5 Å². The Morgan fingerprint density at radius 3 is 2.63 bits per heavy atom. The third kappa shape index (κ3) is 4.20. The van der Waals surface area contributed by atoms with Crippen LogP contribution < -0.4 is 5.32 Å². The van der Waals surface area contributed by atoms with Crippen LogP contribution in [0.25, 0.3) is 0 Å². The van der Waals surface area contributed by atoms with Gasteiger partial charge in [0.15, 0.2) is 0 Å². The van der Waals surface area contributed by atoms with E-state index in [1.807, 2.05) is 18.4 Å². The fraction of sp³-hybridized carbons (Fsp3) is 0.467. The van der Waals surface area contributed by atoms with Gasteiger partial charge in [0.05, 0.1) is 13.1 Å². The van der Waals surface area contributed by atoms with E-state index in [1.165, 1.54) is 4.88 Å². The van der Waals surface area contributed by atoms with Crippen LogP contribution in [0.5, 0.6) is 0 Å². The van der Waals surface area contributed by atoms with Crippen LogP contribution in [0.4, 0.5) is 0 Å². The van der Waals surface area contributed by atoms with Gasteiger partial charge in [-0.1, -0.05) is 6.07 Å². The van der Waals surface area contributed by atoms with Crippen LogP contribution in [0.15, 0.2) is 34.1 Å². The fourth-order valence-electron chi connectivity index (χ4n) is 2.00. The topological polar surface area (TPSA) is 28.4 Å². The van der Waals surface area contributed by atoms with Crippen molar-refractivity contribution in [3.63, 3.8) is 0 Å². The molecule has 3 nitrogen and oxygen atoms in total. The fourth-order valence-corrected chi connectivity index (χ4v) is 2.73. The zero-order valence-corrected chi connectivity index (χ0v) is 12.7. The summed E-state index contributed by atoms with van der Waals surface area (Å²) in [5, 5.41) is 5.23. The van der Waals surface area contributed by atoms with Gasteiger partial charge in [0, 0.05) is 17.5 Å². The summed E-state index contributed by atoms with van der Waals surface area (Å²) in [7, 11) is 1.93. The molecule has 2 aromatic rings. The Hall–Kier alpha value is -1.10. The molecule has 0 amide bonds. The number of thiophene rings is 1. The zero-order valence-electron chi connectivity index (χ0n) is 11.8. The molecule has 0 spiro atoms. The lowest BCUT2D eigenvalue weighted by Gasteiger charge is -2.24. The smallest absolute Gasteiger partial charge is 0.118 e. The van der Waals surface area contributed by atoms with Crippen LogP contribution in [0, 0.1) is 0 Å². The van der Waals surface area contributed by atoms with Gasteiger partial charge in [-0.15, -0.1) is 11.3 Å². The second-order valence-electron chi connectivity index (χ2n) is 4.98. The molecule has 0 fully saturated rings. The molecular weight excluding hydrogens is 256 g/mol. The minimum absolute atomic E-state index is 0.500. The van der Waals surface area contributed by atoms with Crippen molar-refractivity contribution >= 4 is 11.3 Å². The van der Waals surface area contributed by atoms with Crippen molar-refractivity contribution in [1.82, 2.24) is 10.2 Å². The van der Waals surface area contributed by atoms with Crippen molar-refractivity contribution < 1.29 is 4.42 Å². The van der Waals surface area contributed by atoms with Gasteiger partial charge < -0.3 is 9.73 Å². The quantitative estimate of drug-likeness (QED) is 0.840. The maximum atomic E-state index is 5.82. The highest BCUT2D eigenvalue weighted by molar-refractivity contribution is 7.09. The first-order chi connectivity index (χ1) is 9.19. The van der Waals surface area contributed by atoms with Crippen molar-refractivity contribution in [3.8, 4) is 0 Å². The summed E-state index contributed by atoms with van der Waals surface area (Å²) < 4.78 is 5.82. The van der Waals surface area contributed by atoms with E-state index in [1.54, 1.807) is 0 Å². The van der Waals surface area contributed by atoms with Crippen molar-refractivity contribution in [2.45, 2.75) is 39.5 Å². The van der Waals surface area contributed by atoms with Gasteiger partial charge in [0.25, 0.3) is 0 Å². The largest absolute Gasteiger partial charge is 0.463 e. The molecule has 4 heteroatoms. The lowest BCUT2D eigenvalue weighted by atomic mass is 10.2. The Labute approximate surface area is 119 Å². The molecule has 0 atom stereocenters. The highest BCUT2D eigenvalue weighted by Crippen LogP contribution is 2.18. The predicted molar refractivity (Wildman–Crippen MR) is 80.2 cm³/mol. The summed E-state index contributed by atoms with van der Waals surface area (Å²) in [6.45, 7) is 7.08. The van der Waals surface area contributed by atoms with Gasteiger partial charge in [-0.3, -0.25) is 4.90 Å². The van der Waals surface area contributed by atoms with Gasteiger partial charge in [0.2, 0.25) is 0 Å². The van der Waals surface area contributed by atoms with E-state index >= 15 is 0 Å². The van der Waals surface area contributed by atoms with Crippen LogP contribution in [-0.2, 0) is 19.6 Å². The minimum Gasteiger partial charge on any atom is -0.463 e. The standard InChI is InChI=1S/C15H22N2OS/c1-12(2)17(11-15-5-4-8-19-15)10-14-7-6-13(18-14)9-16-3/h4-8,12,16H,9-11H2,1-3H3. The molecule has 0 saturated carbocycles. The minimum atomic E-state index is 0.500. The third-order valence-electron chi connectivity index (χ3n) is 3.10. The summed E-state index contributed by atoms with van der Waals surface area (Å²) >= 11 is 1.81. The summed E-state index contributed by atoms with van der Waals surface area (Å²) in [4.78, 5) is 3.82. The Bertz CT molecular complexity index is 476. The molecule has 1 N–H and O–H groups in total. The molecule has 0 radical (unpaired) electrons. The van der Waals surface area contributed by atoms with E-state index in [9.17, 15) is 0 Å². The van der Waals surface area contributed by atoms with Gasteiger partial charge in [-0.25, -0.2) is 0 Å². The Morgan fingerprint density at radius 1 is 1.21 bits per heavy atom. The summed E-state index contributed by atoms with van der Waals surface area (Å²) in [6.07, 6.45) is 0. The number of hydrogen-bond acceptors (Lipinski definition) is 4. The number of furan rings is 1. The second-order valence-corrected chi connectivity index (χ2v) is 6.01. The van der Waals surface area contributed by atoms with Crippen LogP contribution in [0.3, 0.4) is 0 Å². The molecule has 0 aromatic carbocycles. The SMILES string of the molecule is CNCc1ccc(CN(Cc2cccs2)C(C)C)o1. The Morgan fingerprint density at radius 2 is 2.00 bits per heavy atom. The van der Waals surface area contributed by atoms with Crippen molar-refractivity contribution in [2.24, 2.45) is 0 Å². The van der Waals surface area contributed by atoms with Crippen LogP contribution >= 0.6 is 11.3 Å². The van der Waals surface area contributed by atoms with Crippen LogP contribution in [0.2, 0.25) is 0 Å². The summed E-state index contributed by atoms with van der Waals surface area (Å²) in [6, 6.07) is 8.93. The lowest BCUT2D eigenvalue weighted by molar-refractivity contribution is 0.188. The second kappa shape index (κ2) is 6.89. The summed E-state index contributed by atoms with van der Waals surface area (Å²) in [5.74, 6) is 2.04. The molecular formula is C15H22N2OS. The third-order valence-corrected chi connectivity index (χ3v) is 3.96. The molecule has 0 aliphatic heterocycles. The predicted octanol–water partition coefficient (Wildman–Crippen LogP) is 3.47. The molecule has 0 unspecified atom stereocenters. The van der Waals surface area contributed by atoms with Crippen molar-refractivity contribution in [2.75, 3.05) is 7.05 Å². The van der Waals surface area contributed by atoms with Crippen LogP contribution in [0.1, 0.15) is 30.2 Å². The molecule has 2 rings (SSSR count). The average Bonchev–Trinajstić information content (AvgIpc) is 3.01. The van der Waals surface area contributed by atoms with Crippen molar-refractivity contribution in [1.29, 1.82) is 0 Å². The number of hydrogen-bond donors (Lipinski definition) is 1. The van der Waals surface area contributed by atoms with Crippen molar-refractivity contribution in [3.05, 3.63) is 46.0 Å². The van der Waals surface area contributed by atoms with E-state index in [4.69, 9.17) is 4.42 Å². The van der Waals surface area contributed by atoms with Gasteiger partial charge >= 0.3 is 0 Å². The molecule has 0 bridgehead atoms. The van der Waals surface area contributed by atoms with Gasteiger partial charge in [-0.2, -0.15) is 0 Å². The van der Waals surface area contributed by atoms with E-state index in [0.717, 1.165) is 31.2 Å². The van der Waals surface area contributed by atoms with Crippen LogP contribution in [-0.4, -0.2) is 18.0 Å². The molecule has 0 aliphatic rings. The maximum Gasteiger partial charge on any atom is 0.118 e. The average molecular weight is 278 g/mol. The zero-order chi connectivity index (χ0) is 13.7. The van der Waals surface area contributed by atoms with E-state index in [2.05, 4.69) is 53.7 Å². The Balaban J connectivity index is 1.99. The van der Waals surface area contributed by atoms with E-state index < -0.39 is 0 Å². The summed E-state index contributed by atoms with van der Waals surface area (Å²) in [5.41, 5.74) is 0. The Kier molecular flexibility index (Phi) is 5.19. The molecule has 2 heterocycles. The number of rotatable bonds is 7. The van der Waals surface area contributed by atoms with E-state index in [0.29, 0.717) is 6.04 Å². The molecule has 0 aliphatic carbocycles. The molecule has 0 saturated heterocycles. The number of nitrogens with zero attached hydrogens (tertiary/aromatic N) is 1. The number of nitrogens with one attached hydrogen (secondary N) is 1. The monoisotopic (exact) mass is 278 g/mol. The normalized spacial score (nSPS) is 11.6. The van der Waals surface area contributed by atoms with Gasteiger partial charge in [0.1, 0.15) is 11.5 Å². The molecule has 19 heavy (non-hydrogen) atoms. The highest BCUT2D eigenvalue weighted by atomic mass is 32.1. The lowest BCUT2D eigenvalue weighted by Crippen LogP contribution is -2.29. The maximum absolute atomic E-state index is 5.82. The molecule has 104 valence electrons. The first-order valence-electron chi connectivity index (χ1n) is 6.67. The van der Waals surface area contributed by atoms with E-state index in [-0.39, 0.29) is 0 Å². The first-order valence-corrected chi connectivity index (χ1v) is 7.55.